The van der Waals surface area contributed by atoms with E-state index >= 15 is 0 Å². The summed E-state index contributed by atoms with van der Waals surface area (Å²) >= 11 is 0. The van der Waals surface area contributed by atoms with Gasteiger partial charge in [-0.25, -0.2) is 8.42 Å². The van der Waals surface area contributed by atoms with Crippen molar-refractivity contribution in [2.45, 2.75) is 56.9 Å². The molecule has 1 aliphatic carbocycles. The van der Waals surface area contributed by atoms with Crippen LogP contribution in [0.3, 0.4) is 0 Å². The number of nitrogens with one attached hydrogen (secondary N) is 1. The van der Waals surface area contributed by atoms with Crippen molar-refractivity contribution >= 4 is 15.7 Å². The topological polar surface area (TPSA) is 72.5 Å². The third-order valence-corrected chi connectivity index (χ3v) is 7.03. The molecule has 6 heteroatoms. The van der Waals surface area contributed by atoms with Crippen LogP contribution in [0.1, 0.15) is 46.0 Å². The van der Waals surface area contributed by atoms with Crippen LogP contribution in [-0.2, 0) is 14.6 Å². The van der Waals surface area contributed by atoms with Crippen molar-refractivity contribution in [3.63, 3.8) is 0 Å². The fourth-order valence-electron chi connectivity index (χ4n) is 3.50. The monoisotopic (exact) mass is 367 g/mol. The maximum absolute atomic E-state index is 12.5. The lowest BCUT2D eigenvalue weighted by molar-refractivity contribution is -0.125. The van der Waals surface area contributed by atoms with Crippen molar-refractivity contribution in [1.29, 1.82) is 0 Å². The van der Waals surface area contributed by atoms with Crippen LogP contribution in [0, 0.1) is 11.8 Å². The highest BCUT2D eigenvalue weighted by Gasteiger charge is 2.29. The van der Waals surface area contributed by atoms with Gasteiger partial charge in [0.25, 0.3) is 0 Å². The molecule has 0 spiro atoms. The summed E-state index contributed by atoms with van der Waals surface area (Å²) in [5, 5.41) is 3.09. The Morgan fingerprint density at radius 3 is 2.48 bits per heavy atom. The molecule has 1 N–H and O–H groups in total. The molecule has 1 saturated carbocycles. The Balaban J connectivity index is 1.99. The van der Waals surface area contributed by atoms with Gasteiger partial charge in [0.2, 0.25) is 5.91 Å². The van der Waals surface area contributed by atoms with Crippen LogP contribution in [0.4, 0.5) is 0 Å². The molecular formula is C19H29NO4S. The van der Waals surface area contributed by atoms with Gasteiger partial charge in [0.15, 0.2) is 9.84 Å². The van der Waals surface area contributed by atoms with Crippen molar-refractivity contribution in [3.8, 4) is 5.75 Å². The summed E-state index contributed by atoms with van der Waals surface area (Å²) in [6.45, 7) is 3.83. The fourth-order valence-corrected chi connectivity index (χ4v) is 5.05. The minimum absolute atomic E-state index is 0.164. The molecule has 1 amide bonds. The SMILES string of the molecule is CCC1CCCCC1NC(=O)C(C)CS(=O)(=O)c1ccc(OC)cc1. The minimum atomic E-state index is -3.51. The first-order valence-corrected chi connectivity index (χ1v) is 10.7. The summed E-state index contributed by atoms with van der Waals surface area (Å²) < 4.78 is 30.1. The molecule has 1 aromatic carbocycles. The summed E-state index contributed by atoms with van der Waals surface area (Å²) in [6.07, 6.45) is 5.51. The zero-order valence-corrected chi connectivity index (χ0v) is 16.1. The van der Waals surface area contributed by atoms with Gasteiger partial charge in [-0.15, -0.1) is 0 Å². The maximum atomic E-state index is 12.5. The van der Waals surface area contributed by atoms with E-state index in [4.69, 9.17) is 4.74 Å². The van der Waals surface area contributed by atoms with E-state index in [1.54, 1.807) is 19.1 Å². The Hall–Kier alpha value is -1.56. The molecular weight excluding hydrogens is 338 g/mol. The first kappa shape index (κ1) is 19.8. The highest BCUT2D eigenvalue weighted by atomic mass is 32.2. The zero-order chi connectivity index (χ0) is 18.4. The Kier molecular flexibility index (Phi) is 6.87. The van der Waals surface area contributed by atoms with Gasteiger partial charge < -0.3 is 10.1 Å². The third kappa shape index (κ3) is 5.21. The van der Waals surface area contributed by atoms with Gasteiger partial charge in [-0.3, -0.25) is 4.79 Å². The zero-order valence-electron chi connectivity index (χ0n) is 15.3. The van der Waals surface area contributed by atoms with Crippen LogP contribution in [0.25, 0.3) is 0 Å². The van der Waals surface area contributed by atoms with Crippen molar-refractivity contribution in [3.05, 3.63) is 24.3 Å². The fraction of sp³-hybridized carbons (Fsp3) is 0.632. The third-order valence-electron chi connectivity index (χ3n) is 5.10. The number of ether oxygens (including phenoxy) is 1. The first-order chi connectivity index (χ1) is 11.9. The number of carbonyl (C=O) groups is 1. The molecule has 0 aromatic heterocycles. The highest BCUT2D eigenvalue weighted by molar-refractivity contribution is 7.91. The second-order valence-corrected chi connectivity index (χ2v) is 8.96. The van der Waals surface area contributed by atoms with Gasteiger partial charge >= 0.3 is 0 Å². The predicted molar refractivity (Wildman–Crippen MR) is 98.4 cm³/mol. The Labute approximate surface area is 151 Å². The van der Waals surface area contributed by atoms with Gasteiger partial charge in [-0.05, 0) is 43.0 Å². The van der Waals surface area contributed by atoms with Crippen molar-refractivity contribution in [2.24, 2.45) is 11.8 Å². The van der Waals surface area contributed by atoms with Crippen LogP contribution < -0.4 is 10.1 Å². The van der Waals surface area contributed by atoms with Gasteiger partial charge in [-0.2, -0.15) is 0 Å². The van der Waals surface area contributed by atoms with E-state index < -0.39 is 15.8 Å². The van der Waals surface area contributed by atoms with Gasteiger partial charge in [-0.1, -0.05) is 33.1 Å². The molecule has 5 nitrogen and oxygen atoms in total. The summed E-state index contributed by atoms with van der Waals surface area (Å²) in [6, 6.07) is 6.45. The number of amides is 1. The lowest BCUT2D eigenvalue weighted by Gasteiger charge is -2.32. The lowest BCUT2D eigenvalue weighted by Crippen LogP contribution is -2.45. The second-order valence-electron chi connectivity index (χ2n) is 6.93. The molecule has 2 rings (SSSR count). The molecule has 0 heterocycles. The van der Waals surface area contributed by atoms with E-state index in [0.717, 1.165) is 25.7 Å². The number of rotatable bonds is 7. The molecule has 0 radical (unpaired) electrons. The standard InChI is InChI=1S/C19H29NO4S/c1-4-15-7-5-6-8-18(15)20-19(21)14(2)13-25(22,23)17-11-9-16(24-3)10-12-17/h9-12,14-15,18H,4-8,13H2,1-3H3,(H,20,21). The lowest BCUT2D eigenvalue weighted by atomic mass is 9.82. The van der Waals surface area contributed by atoms with E-state index in [0.29, 0.717) is 11.7 Å². The summed E-state index contributed by atoms with van der Waals surface area (Å²) in [5.41, 5.74) is 0. The van der Waals surface area contributed by atoms with Gasteiger partial charge in [0, 0.05) is 12.0 Å². The van der Waals surface area contributed by atoms with Crippen LogP contribution in [0.15, 0.2) is 29.2 Å². The van der Waals surface area contributed by atoms with E-state index in [1.165, 1.54) is 25.7 Å². The average molecular weight is 368 g/mol. The number of sulfone groups is 1. The summed E-state index contributed by atoms with van der Waals surface area (Å²) in [7, 11) is -1.97. The van der Waals surface area contributed by atoms with Crippen molar-refractivity contribution < 1.29 is 17.9 Å². The predicted octanol–water partition coefficient (Wildman–Crippen LogP) is 3.19. The van der Waals surface area contributed by atoms with E-state index in [1.807, 2.05) is 0 Å². The number of carbonyl (C=O) groups excluding carboxylic acids is 1. The second kappa shape index (κ2) is 8.70. The number of hydrogen-bond donors (Lipinski definition) is 1. The molecule has 0 aliphatic heterocycles. The smallest absolute Gasteiger partial charge is 0.224 e. The number of methoxy groups -OCH3 is 1. The molecule has 0 saturated heterocycles. The largest absolute Gasteiger partial charge is 0.497 e. The molecule has 140 valence electrons. The molecule has 25 heavy (non-hydrogen) atoms. The average Bonchev–Trinajstić information content (AvgIpc) is 2.61. The summed E-state index contributed by atoms with van der Waals surface area (Å²) in [5.74, 6) is 0.180. The van der Waals surface area contributed by atoms with Crippen molar-refractivity contribution in [1.82, 2.24) is 5.32 Å². The van der Waals surface area contributed by atoms with E-state index in [2.05, 4.69) is 12.2 Å². The van der Waals surface area contributed by atoms with Crippen LogP contribution in [0.2, 0.25) is 0 Å². The van der Waals surface area contributed by atoms with E-state index in [9.17, 15) is 13.2 Å². The maximum Gasteiger partial charge on any atom is 0.224 e. The molecule has 3 unspecified atom stereocenters. The molecule has 3 atom stereocenters. The number of hydrogen-bond acceptors (Lipinski definition) is 4. The first-order valence-electron chi connectivity index (χ1n) is 9.04. The summed E-state index contributed by atoms with van der Waals surface area (Å²) in [4.78, 5) is 12.7. The molecule has 1 aliphatic rings. The molecule has 1 aromatic rings. The normalized spacial score (nSPS) is 22.2. The Morgan fingerprint density at radius 1 is 1.24 bits per heavy atom. The quantitative estimate of drug-likeness (QED) is 0.803. The van der Waals surface area contributed by atoms with Crippen LogP contribution in [-0.4, -0.2) is 33.2 Å². The van der Waals surface area contributed by atoms with E-state index in [-0.39, 0.29) is 22.6 Å². The molecule has 0 bridgehead atoms. The van der Waals surface area contributed by atoms with Gasteiger partial charge in [0.1, 0.15) is 5.75 Å². The van der Waals surface area contributed by atoms with Crippen molar-refractivity contribution in [2.75, 3.05) is 12.9 Å². The Bertz CT molecular complexity index is 669. The van der Waals surface area contributed by atoms with Crippen LogP contribution >= 0.6 is 0 Å². The molecule has 1 fully saturated rings. The number of benzene rings is 1. The highest BCUT2D eigenvalue weighted by Crippen LogP contribution is 2.27. The Morgan fingerprint density at radius 2 is 1.88 bits per heavy atom. The van der Waals surface area contributed by atoms with Crippen LogP contribution in [0.5, 0.6) is 5.75 Å². The van der Waals surface area contributed by atoms with Gasteiger partial charge in [0.05, 0.1) is 17.8 Å². The minimum Gasteiger partial charge on any atom is -0.497 e.